The average Bonchev–Trinajstić information content (AvgIpc) is 2.63. The second-order valence-electron chi connectivity index (χ2n) is 5.11. The van der Waals surface area contributed by atoms with Gasteiger partial charge in [-0.25, -0.2) is 4.79 Å². The molecule has 0 aliphatic rings. The van der Waals surface area contributed by atoms with Gasteiger partial charge < -0.3 is 13.7 Å². The van der Waals surface area contributed by atoms with Crippen LogP contribution in [0, 0.1) is 11.3 Å². The summed E-state index contributed by atoms with van der Waals surface area (Å²) in [5.41, 5.74) is 0.513. The molecule has 0 saturated heterocycles. The first-order chi connectivity index (χ1) is 12.8. The van der Waals surface area contributed by atoms with Gasteiger partial charge in [-0.3, -0.25) is 0 Å². The number of hydrogen-bond acceptors (Lipinski definition) is 7. The van der Waals surface area contributed by atoms with Gasteiger partial charge in [0.2, 0.25) is 0 Å². The van der Waals surface area contributed by atoms with Crippen LogP contribution < -0.4 is 8.92 Å². The van der Waals surface area contributed by atoms with Gasteiger partial charge in [0.1, 0.15) is 4.90 Å². The zero-order valence-electron chi connectivity index (χ0n) is 14.6. The van der Waals surface area contributed by atoms with Crippen molar-refractivity contribution in [2.75, 3.05) is 13.2 Å². The Bertz CT molecular complexity index is 997. The first-order valence-electron chi connectivity index (χ1n) is 7.90. The lowest BCUT2D eigenvalue weighted by Gasteiger charge is -2.13. The monoisotopic (exact) mass is 453 g/mol. The summed E-state index contributed by atoms with van der Waals surface area (Å²) < 4.78 is 40.9. The molecule has 2 rings (SSSR count). The Morgan fingerprint density at radius 2 is 1.85 bits per heavy atom. The minimum absolute atomic E-state index is 0.0442. The Hall–Kier alpha value is -2.57. The van der Waals surface area contributed by atoms with E-state index in [1.807, 2.05) is 6.07 Å². The van der Waals surface area contributed by atoms with Crippen LogP contribution in [0.5, 0.6) is 11.5 Å². The minimum atomic E-state index is -4.22. The van der Waals surface area contributed by atoms with Gasteiger partial charge in [-0.15, -0.1) is 0 Å². The number of rotatable bonds is 7. The maximum Gasteiger partial charge on any atom is 0.340 e. The molecule has 2 aromatic carbocycles. The maximum absolute atomic E-state index is 12.7. The van der Waals surface area contributed by atoms with E-state index in [1.165, 1.54) is 36.4 Å². The Morgan fingerprint density at radius 3 is 2.44 bits per heavy atom. The number of ether oxygens (including phenoxy) is 2. The number of halogens is 1. The minimum Gasteiger partial charge on any atom is -0.490 e. The zero-order valence-corrected chi connectivity index (χ0v) is 17.0. The molecule has 27 heavy (non-hydrogen) atoms. The molecule has 0 aliphatic heterocycles. The van der Waals surface area contributed by atoms with Crippen molar-refractivity contribution in [2.45, 2.75) is 18.7 Å². The van der Waals surface area contributed by atoms with Crippen molar-refractivity contribution in [2.24, 2.45) is 0 Å². The van der Waals surface area contributed by atoms with Crippen molar-refractivity contribution in [1.29, 1.82) is 5.26 Å². The summed E-state index contributed by atoms with van der Waals surface area (Å²) in [5, 5.41) is 8.97. The van der Waals surface area contributed by atoms with Gasteiger partial charge in [0, 0.05) is 10.5 Å². The molecule has 0 saturated carbocycles. The fourth-order valence-corrected chi connectivity index (χ4v) is 4.09. The van der Waals surface area contributed by atoms with E-state index in [0.717, 1.165) is 0 Å². The van der Waals surface area contributed by atoms with Crippen LogP contribution in [0.2, 0.25) is 0 Å². The lowest BCUT2D eigenvalue weighted by molar-refractivity contribution is 0.0526. The normalized spacial score (nSPS) is 10.7. The van der Waals surface area contributed by atoms with E-state index in [2.05, 4.69) is 15.9 Å². The number of hydrogen-bond donors (Lipinski definition) is 0. The molecule has 0 atom stereocenters. The largest absolute Gasteiger partial charge is 0.490 e. The van der Waals surface area contributed by atoms with Gasteiger partial charge in [-0.2, -0.15) is 13.7 Å². The molecule has 2 aromatic rings. The summed E-state index contributed by atoms with van der Waals surface area (Å²) in [6, 6.07) is 10.0. The Labute approximate surface area is 165 Å². The third-order valence-corrected chi connectivity index (χ3v) is 5.50. The van der Waals surface area contributed by atoms with E-state index < -0.39 is 16.1 Å². The van der Waals surface area contributed by atoms with Crippen LogP contribution in [0.25, 0.3) is 0 Å². The summed E-state index contributed by atoms with van der Waals surface area (Å²) in [5.74, 6) is -0.467. The molecule has 0 aromatic heterocycles. The van der Waals surface area contributed by atoms with Crippen LogP contribution in [-0.4, -0.2) is 27.6 Å². The first-order valence-corrected chi connectivity index (χ1v) is 10.1. The fourth-order valence-electron chi connectivity index (χ4n) is 2.12. The van der Waals surface area contributed by atoms with Crippen LogP contribution in [0.3, 0.4) is 0 Å². The Morgan fingerprint density at radius 1 is 1.11 bits per heavy atom. The van der Waals surface area contributed by atoms with E-state index in [-0.39, 0.29) is 39.6 Å². The molecule has 0 aliphatic carbocycles. The number of nitriles is 1. The van der Waals surface area contributed by atoms with E-state index in [0.29, 0.717) is 5.56 Å². The van der Waals surface area contributed by atoms with E-state index in [4.69, 9.17) is 18.9 Å². The second kappa shape index (κ2) is 8.88. The van der Waals surface area contributed by atoms with Crippen LogP contribution in [0.15, 0.2) is 45.8 Å². The number of carbonyl (C=O) groups excluding carboxylic acids is 1. The summed E-state index contributed by atoms with van der Waals surface area (Å²) in [7, 11) is -4.22. The molecule has 0 heterocycles. The predicted octanol–water partition coefficient (Wildman–Crippen LogP) is 3.66. The third kappa shape index (κ3) is 4.99. The van der Waals surface area contributed by atoms with Crippen molar-refractivity contribution in [3.8, 4) is 17.6 Å². The number of esters is 1. The van der Waals surface area contributed by atoms with E-state index >= 15 is 0 Å². The Kier molecular flexibility index (Phi) is 6.82. The van der Waals surface area contributed by atoms with Crippen LogP contribution in [-0.2, 0) is 14.9 Å². The molecule has 7 nitrogen and oxygen atoms in total. The van der Waals surface area contributed by atoms with Gasteiger partial charge in [0.05, 0.1) is 30.4 Å². The standard InChI is InChI=1S/C18H16BrNO6S/c1-3-24-16-9-12(11-20)5-7-15(16)26-27(22,23)17-8-6-13(10-14(17)19)18(21)25-4-2/h5-10H,3-4H2,1-2H3. The average molecular weight is 454 g/mol. The van der Waals surface area contributed by atoms with Crippen molar-refractivity contribution >= 4 is 32.0 Å². The quantitative estimate of drug-likeness (QED) is 0.465. The molecular weight excluding hydrogens is 438 g/mol. The van der Waals surface area contributed by atoms with Crippen LogP contribution in [0.1, 0.15) is 29.8 Å². The van der Waals surface area contributed by atoms with Crippen molar-refractivity contribution in [3.05, 3.63) is 52.0 Å². The SMILES string of the molecule is CCOC(=O)c1ccc(S(=O)(=O)Oc2ccc(C#N)cc2OCC)c(Br)c1. The zero-order chi connectivity index (χ0) is 20.0. The number of carbonyl (C=O) groups is 1. The lowest BCUT2D eigenvalue weighted by Crippen LogP contribution is -2.12. The Balaban J connectivity index is 2.37. The summed E-state index contributed by atoms with van der Waals surface area (Å²) in [4.78, 5) is 11.6. The van der Waals surface area contributed by atoms with Gasteiger partial charge in [-0.1, -0.05) is 0 Å². The highest BCUT2D eigenvalue weighted by Crippen LogP contribution is 2.33. The molecule has 142 valence electrons. The van der Waals surface area contributed by atoms with E-state index in [9.17, 15) is 13.2 Å². The predicted molar refractivity (Wildman–Crippen MR) is 100 cm³/mol. The summed E-state index contributed by atoms with van der Waals surface area (Å²) in [6.07, 6.45) is 0. The smallest absolute Gasteiger partial charge is 0.340 e. The molecular formula is C18H16BrNO6S. The van der Waals surface area contributed by atoms with Crippen molar-refractivity contribution in [3.63, 3.8) is 0 Å². The van der Waals surface area contributed by atoms with Gasteiger partial charge in [0.25, 0.3) is 0 Å². The molecule has 0 fully saturated rings. The molecule has 0 N–H and O–H groups in total. The highest BCUT2D eigenvalue weighted by molar-refractivity contribution is 9.10. The fraction of sp³-hybridized carbons (Fsp3) is 0.222. The molecule has 0 radical (unpaired) electrons. The highest BCUT2D eigenvalue weighted by atomic mass is 79.9. The number of nitrogens with zero attached hydrogens (tertiary/aromatic N) is 1. The number of benzene rings is 2. The van der Waals surface area contributed by atoms with Crippen molar-refractivity contribution in [1.82, 2.24) is 0 Å². The molecule has 0 amide bonds. The van der Waals surface area contributed by atoms with Gasteiger partial charge in [0.15, 0.2) is 11.5 Å². The van der Waals surface area contributed by atoms with Gasteiger partial charge >= 0.3 is 16.1 Å². The molecule has 9 heteroatoms. The molecule has 0 bridgehead atoms. The molecule has 0 spiro atoms. The third-order valence-electron chi connectivity index (χ3n) is 3.28. The van der Waals surface area contributed by atoms with Gasteiger partial charge in [-0.05, 0) is 60.1 Å². The van der Waals surface area contributed by atoms with Crippen LogP contribution in [0.4, 0.5) is 0 Å². The first kappa shape index (κ1) is 20.7. The molecule has 0 unspecified atom stereocenters. The van der Waals surface area contributed by atoms with Crippen LogP contribution >= 0.6 is 15.9 Å². The topological polar surface area (TPSA) is 103 Å². The second-order valence-corrected chi connectivity index (χ2v) is 7.48. The van der Waals surface area contributed by atoms with Crippen molar-refractivity contribution < 1.29 is 26.9 Å². The van der Waals surface area contributed by atoms with E-state index in [1.54, 1.807) is 13.8 Å². The maximum atomic E-state index is 12.7. The highest BCUT2D eigenvalue weighted by Gasteiger charge is 2.23. The summed E-state index contributed by atoms with van der Waals surface area (Å²) in [6.45, 7) is 3.87. The lowest BCUT2D eigenvalue weighted by atomic mass is 10.2. The summed E-state index contributed by atoms with van der Waals surface area (Å²) >= 11 is 3.15.